The van der Waals surface area contributed by atoms with Crippen LogP contribution in [0.15, 0.2) is 59.9 Å². The van der Waals surface area contributed by atoms with Crippen LogP contribution in [-0.4, -0.2) is 23.5 Å². The topological polar surface area (TPSA) is 46.5 Å². The summed E-state index contributed by atoms with van der Waals surface area (Å²) in [6.45, 7) is 0.574. The van der Waals surface area contributed by atoms with Crippen molar-refractivity contribution in [2.75, 3.05) is 6.61 Å². The van der Waals surface area contributed by atoms with E-state index in [9.17, 15) is 0 Å². The quantitative estimate of drug-likeness (QED) is 0.890. The highest BCUT2D eigenvalue weighted by Crippen LogP contribution is 2.35. The Bertz CT molecular complexity index is 696. The van der Waals surface area contributed by atoms with Crippen LogP contribution in [0.5, 0.6) is 0 Å². The second-order valence-corrected chi connectivity index (χ2v) is 6.91. The lowest BCUT2D eigenvalue weighted by atomic mass is 9.96. The van der Waals surface area contributed by atoms with Crippen molar-refractivity contribution in [3.8, 4) is 0 Å². The molecule has 1 aromatic heterocycles. The molecule has 0 bridgehead atoms. The monoisotopic (exact) mass is 335 g/mol. The molecule has 0 unspecified atom stereocenters. The Balaban J connectivity index is 1.50. The summed E-state index contributed by atoms with van der Waals surface area (Å²) in [7, 11) is 0. The smallest absolute Gasteiger partial charge is 0.124 e. The van der Waals surface area contributed by atoms with E-state index in [1.165, 1.54) is 37.7 Å². The van der Waals surface area contributed by atoms with Gasteiger partial charge in [0.25, 0.3) is 0 Å². The molecule has 0 saturated heterocycles. The number of nitrogens with one attached hydrogen (secondary N) is 1. The van der Waals surface area contributed by atoms with Gasteiger partial charge in [-0.25, -0.2) is 0 Å². The average Bonchev–Trinajstić information content (AvgIpc) is 3.13. The van der Waals surface area contributed by atoms with Gasteiger partial charge in [0, 0.05) is 12.4 Å². The zero-order valence-corrected chi connectivity index (χ0v) is 14.5. The molecule has 1 N–H and O–H groups in total. The lowest BCUT2D eigenvalue weighted by Gasteiger charge is -2.22. The fourth-order valence-electron chi connectivity index (χ4n) is 3.79. The standard InChI is InChI=1S/C21H25N3O/c1-3-8-16(9-4-1)20-21(17-10-7-13-22-14-17)24-19(23-20)15-25-18-11-5-2-6-12-18/h1,3-4,7-10,13-14,18,20-21H,2,5-6,11-12,15H2,(H,23,24)/t20-,21+/m1/s1. The molecule has 1 aliphatic carbocycles. The van der Waals surface area contributed by atoms with Crippen LogP contribution in [0.2, 0.25) is 0 Å². The largest absolute Gasteiger partial charge is 0.370 e. The van der Waals surface area contributed by atoms with Crippen molar-refractivity contribution in [3.63, 3.8) is 0 Å². The minimum absolute atomic E-state index is 0.0651. The summed E-state index contributed by atoms with van der Waals surface area (Å²) in [5, 5.41) is 3.58. The SMILES string of the molecule is c1ccc([C@H]2N=C(COC3CCCCC3)N[C@H]2c2cccnc2)cc1. The van der Waals surface area contributed by atoms with Crippen LogP contribution in [0.1, 0.15) is 55.3 Å². The maximum atomic E-state index is 6.13. The zero-order valence-electron chi connectivity index (χ0n) is 14.5. The normalized spacial score (nSPS) is 23.9. The predicted octanol–water partition coefficient (Wildman–Crippen LogP) is 4.22. The third-order valence-corrected chi connectivity index (χ3v) is 5.13. The molecule has 25 heavy (non-hydrogen) atoms. The Morgan fingerprint density at radius 1 is 0.960 bits per heavy atom. The molecule has 0 amide bonds. The summed E-state index contributed by atoms with van der Waals surface area (Å²) in [5.74, 6) is 0.952. The molecule has 1 saturated carbocycles. The fraction of sp³-hybridized carbons (Fsp3) is 0.429. The zero-order chi connectivity index (χ0) is 16.9. The van der Waals surface area contributed by atoms with Crippen LogP contribution >= 0.6 is 0 Å². The van der Waals surface area contributed by atoms with E-state index >= 15 is 0 Å². The van der Waals surface area contributed by atoms with Crippen LogP contribution < -0.4 is 5.32 Å². The Hall–Kier alpha value is -2.20. The van der Waals surface area contributed by atoms with Crippen molar-refractivity contribution in [2.45, 2.75) is 50.3 Å². The van der Waals surface area contributed by atoms with Gasteiger partial charge in [0.15, 0.2) is 0 Å². The van der Waals surface area contributed by atoms with E-state index in [4.69, 9.17) is 9.73 Å². The van der Waals surface area contributed by atoms with Crippen molar-refractivity contribution < 1.29 is 4.74 Å². The Kier molecular flexibility index (Phi) is 5.07. The average molecular weight is 335 g/mol. The van der Waals surface area contributed by atoms with Crippen LogP contribution in [0.4, 0.5) is 0 Å². The van der Waals surface area contributed by atoms with Gasteiger partial charge in [-0.2, -0.15) is 0 Å². The highest BCUT2D eigenvalue weighted by Gasteiger charge is 2.31. The molecule has 4 heteroatoms. The van der Waals surface area contributed by atoms with Gasteiger partial charge in [-0.1, -0.05) is 55.7 Å². The number of benzene rings is 1. The molecule has 0 spiro atoms. The molecule has 1 aromatic carbocycles. The maximum Gasteiger partial charge on any atom is 0.124 e. The molecule has 1 aliphatic heterocycles. The fourth-order valence-corrected chi connectivity index (χ4v) is 3.79. The highest BCUT2D eigenvalue weighted by atomic mass is 16.5. The number of aliphatic imine (C=N–C) groups is 1. The van der Waals surface area contributed by atoms with Gasteiger partial charge in [-0.3, -0.25) is 9.98 Å². The number of nitrogens with zero attached hydrogens (tertiary/aromatic N) is 2. The number of ether oxygens (including phenoxy) is 1. The van der Waals surface area contributed by atoms with E-state index in [-0.39, 0.29) is 12.1 Å². The van der Waals surface area contributed by atoms with Crippen molar-refractivity contribution in [1.29, 1.82) is 0 Å². The number of amidine groups is 1. The molecule has 2 heterocycles. The lowest BCUT2D eigenvalue weighted by Crippen LogP contribution is -2.30. The molecular formula is C21H25N3O. The molecule has 130 valence electrons. The molecule has 4 nitrogen and oxygen atoms in total. The second kappa shape index (κ2) is 7.79. The molecular weight excluding hydrogens is 310 g/mol. The predicted molar refractivity (Wildman–Crippen MR) is 99.6 cm³/mol. The van der Waals surface area contributed by atoms with Crippen molar-refractivity contribution >= 4 is 5.84 Å². The van der Waals surface area contributed by atoms with Crippen molar-refractivity contribution in [2.24, 2.45) is 4.99 Å². The van der Waals surface area contributed by atoms with E-state index in [0.29, 0.717) is 12.7 Å². The molecule has 2 atom stereocenters. The van der Waals surface area contributed by atoms with Crippen molar-refractivity contribution in [3.05, 3.63) is 66.0 Å². The van der Waals surface area contributed by atoms with Gasteiger partial charge in [-0.15, -0.1) is 0 Å². The second-order valence-electron chi connectivity index (χ2n) is 6.91. The van der Waals surface area contributed by atoms with Gasteiger partial charge in [0.2, 0.25) is 0 Å². The molecule has 2 aromatic rings. The first-order valence-corrected chi connectivity index (χ1v) is 9.30. The van der Waals surface area contributed by atoms with Gasteiger partial charge in [0.05, 0.1) is 12.1 Å². The Morgan fingerprint density at radius 2 is 1.76 bits per heavy atom. The number of rotatable bonds is 5. The van der Waals surface area contributed by atoms with Crippen LogP contribution in [0.25, 0.3) is 0 Å². The van der Waals surface area contributed by atoms with E-state index in [0.717, 1.165) is 11.4 Å². The van der Waals surface area contributed by atoms with E-state index in [1.807, 2.05) is 24.5 Å². The molecule has 1 fully saturated rings. The summed E-state index contributed by atoms with van der Waals surface area (Å²) < 4.78 is 6.13. The third kappa shape index (κ3) is 3.90. The van der Waals surface area contributed by atoms with Crippen LogP contribution in [0.3, 0.4) is 0 Å². The first kappa shape index (κ1) is 16.3. The minimum atomic E-state index is 0.0651. The summed E-state index contributed by atoms with van der Waals surface area (Å²) in [6.07, 6.45) is 10.4. The number of hydrogen-bond acceptors (Lipinski definition) is 4. The first-order valence-electron chi connectivity index (χ1n) is 9.30. The summed E-state index contributed by atoms with van der Waals surface area (Å²) >= 11 is 0. The lowest BCUT2D eigenvalue weighted by molar-refractivity contribution is 0.0519. The minimum Gasteiger partial charge on any atom is -0.370 e. The molecule has 0 radical (unpaired) electrons. The Labute approximate surface area is 149 Å². The number of pyridine rings is 1. The highest BCUT2D eigenvalue weighted by molar-refractivity contribution is 5.86. The summed E-state index contributed by atoms with van der Waals surface area (Å²) in [6, 6.07) is 14.7. The van der Waals surface area contributed by atoms with Crippen LogP contribution in [-0.2, 0) is 4.74 Å². The summed E-state index contributed by atoms with van der Waals surface area (Å²) in [4.78, 5) is 9.23. The van der Waals surface area contributed by atoms with E-state index < -0.39 is 0 Å². The van der Waals surface area contributed by atoms with Gasteiger partial charge in [0.1, 0.15) is 18.5 Å². The van der Waals surface area contributed by atoms with E-state index in [1.54, 1.807) is 0 Å². The van der Waals surface area contributed by atoms with Crippen molar-refractivity contribution in [1.82, 2.24) is 10.3 Å². The Morgan fingerprint density at radius 3 is 2.52 bits per heavy atom. The number of hydrogen-bond donors (Lipinski definition) is 1. The molecule has 2 aliphatic rings. The van der Waals surface area contributed by atoms with E-state index in [2.05, 4.69) is 40.6 Å². The maximum absolute atomic E-state index is 6.13. The molecule has 4 rings (SSSR count). The summed E-state index contributed by atoms with van der Waals surface area (Å²) in [5.41, 5.74) is 2.38. The van der Waals surface area contributed by atoms with Gasteiger partial charge >= 0.3 is 0 Å². The van der Waals surface area contributed by atoms with Gasteiger partial charge < -0.3 is 10.1 Å². The van der Waals surface area contributed by atoms with Gasteiger partial charge in [-0.05, 0) is 30.0 Å². The first-order chi connectivity index (χ1) is 12.4. The third-order valence-electron chi connectivity index (χ3n) is 5.13. The number of aromatic nitrogens is 1. The van der Waals surface area contributed by atoms with Crippen LogP contribution in [0, 0.1) is 0 Å².